The normalized spacial score (nSPS) is 10.9. The van der Waals surface area contributed by atoms with Crippen molar-refractivity contribution in [1.82, 2.24) is 0 Å². The Morgan fingerprint density at radius 1 is 1.30 bits per heavy atom. The number of anilines is 1. The molecule has 1 aromatic carbocycles. The van der Waals surface area contributed by atoms with Crippen LogP contribution in [0.25, 0.3) is 0 Å². The maximum Gasteiger partial charge on any atom is 0.320 e. The van der Waals surface area contributed by atoms with Crippen LogP contribution in [0.3, 0.4) is 0 Å². The molecule has 0 fully saturated rings. The van der Waals surface area contributed by atoms with Gasteiger partial charge in [-0.05, 0) is 24.1 Å². The average Bonchev–Trinajstić information content (AvgIpc) is 2.34. The monoisotopic (exact) mass is 324 g/mol. The fraction of sp³-hybridized carbons (Fsp3) is 0.462. The lowest BCUT2D eigenvalue weighted by Crippen LogP contribution is -2.31. The van der Waals surface area contributed by atoms with Gasteiger partial charge in [0.2, 0.25) is 0 Å². The van der Waals surface area contributed by atoms with Gasteiger partial charge in [0.1, 0.15) is 6.04 Å². The predicted octanol–water partition coefficient (Wildman–Crippen LogP) is 1.91. The second-order valence-electron chi connectivity index (χ2n) is 4.35. The van der Waals surface area contributed by atoms with Gasteiger partial charge in [-0.3, -0.25) is 4.79 Å². The van der Waals surface area contributed by atoms with Crippen molar-refractivity contribution in [2.24, 2.45) is 5.73 Å². The van der Waals surface area contributed by atoms with Crippen molar-refractivity contribution in [3.8, 4) is 0 Å². The summed E-state index contributed by atoms with van der Waals surface area (Å²) in [7, 11) is 3.97. The Balaban J connectivity index is 0. The zero-order valence-electron chi connectivity index (χ0n) is 11.6. The molecule has 0 heterocycles. The Labute approximate surface area is 131 Å². The zero-order chi connectivity index (χ0) is 13.5. The summed E-state index contributed by atoms with van der Waals surface area (Å²) in [5.41, 5.74) is 7.55. The summed E-state index contributed by atoms with van der Waals surface area (Å²) in [6.07, 6.45) is 0.325. The van der Waals surface area contributed by atoms with Gasteiger partial charge >= 0.3 is 5.97 Å². The molecular weight excluding hydrogens is 303 g/mol. The number of aliphatic carboxylic acids is 1. The highest BCUT2D eigenvalue weighted by Gasteiger charge is 2.10. The van der Waals surface area contributed by atoms with Crippen molar-refractivity contribution in [3.05, 3.63) is 29.8 Å². The molecule has 0 spiro atoms. The van der Waals surface area contributed by atoms with E-state index >= 15 is 0 Å². The highest BCUT2D eigenvalue weighted by molar-refractivity contribution is 5.85. The fourth-order valence-corrected chi connectivity index (χ4v) is 1.41. The number of hydrogen-bond donors (Lipinski definition) is 2. The number of nitrogens with zero attached hydrogens (tertiary/aromatic N) is 1. The average molecular weight is 325 g/mol. The second-order valence-corrected chi connectivity index (χ2v) is 4.35. The molecule has 0 aliphatic heterocycles. The summed E-state index contributed by atoms with van der Waals surface area (Å²) in [6.45, 7) is 0.822. The Morgan fingerprint density at radius 2 is 1.85 bits per heavy atom. The third kappa shape index (κ3) is 7.55. The Morgan fingerprint density at radius 3 is 2.30 bits per heavy atom. The first kappa shape index (κ1) is 21.3. The maximum atomic E-state index is 10.5. The summed E-state index contributed by atoms with van der Waals surface area (Å²) >= 11 is 0. The van der Waals surface area contributed by atoms with Gasteiger partial charge in [0.25, 0.3) is 0 Å². The first-order valence-electron chi connectivity index (χ1n) is 5.83. The molecule has 0 saturated heterocycles. The summed E-state index contributed by atoms with van der Waals surface area (Å²) in [4.78, 5) is 12.5. The van der Waals surface area contributed by atoms with E-state index in [1.54, 1.807) is 0 Å². The first-order chi connectivity index (χ1) is 8.50. The molecule has 1 atom stereocenters. The lowest BCUT2D eigenvalue weighted by Gasteiger charge is -2.13. The third-order valence-electron chi connectivity index (χ3n) is 2.61. The minimum absolute atomic E-state index is 0. The van der Waals surface area contributed by atoms with Crippen LogP contribution in [0.15, 0.2) is 24.3 Å². The van der Waals surface area contributed by atoms with Crippen LogP contribution < -0.4 is 10.6 Å². The van der Waals surface area contributed by atoms with Gasteiger partial charge in [0.05, 0.1) is 6.61 Å². The van der Waals surface area contributed by atoms with Crippen LogP contribution >= 0.6 is 24.8 Å². The summed E-state index contributed by atoms with van der Waals surface area (Å²) in [5.74, 6) is -0.992. The lowest BCUT2D eigenvalue weighted by atomic mass is 10.2. The number of nitrogens with two attached hydrogens (primary N) is 1. The van der Waals surface area contributed by atoms with Crippen molar-refractivity contribution < 1.29 is 14.6 Å². The number of hydrogen-bond acceptors (Lipinski definition) is 4. The molecule has 1 rings (SSSR count). The molecule has 20 heavy (non-hydrogen) atoms. The number of carboxylic acid groups (broad SMARTS) is 1. The number of rotatable bonds is 7. The zero-order valence-corrected chi connectivity index (χ0v) is 13.2. The minimum Gasteiger partial charge on any atom is -0.480 e. The van der Waals surface area contributed by atoms with Crippen molar-refractivity contribution in [3.63, 3.8) is 0 Å². The third-order valence-corrected chi connectivity index (χ3v) is 2.61. The molecular formula is C13H22Cl2N2O3. The van der Waals surface area contributed by atoms with Gasteiger partial charge in [-0.25, -0.2) is 0 Å². The Kier molecular flexibility index (Phi) is 11.4. The van der Waals surface area contributed by atoms with Crippen molar-refractivity contribution in [2.75, 3.05) is 25.6 Å². The van der Waals surface area contributed by atoms with Crippen LogP contribution in [0.1, 0.15) is 12.0 Å². The first-order valence-corrected chi connectivity index (χ1v) is 5.83. The van der Waals surface area contributed by atoms with Crippen LogP contribution in [0.2, 0.25) is 0 Å². The quantitative estimate of drug-likeness (QED) is 0.749. The predicted molar refractivity (Wildman–Crippen MR) is 85.1 cm³/mol. The van der Waals surface area contributed by atoms with Gasteiger partial charge < -0.3 is 20.5 Å². The summed E-state index contributed by atoms with van der Waals surface area (Å²) in [5, 5.41) is 8.60. The maximum absolute atomic E-state index is 10.5. The van der Waals surface area contributed by atoms with E-state index in [9.17, 15) is 4.79 Å². The Bertz CT molecular complexity index is 386. The highest BCUT2D eigenvalue weighted by atomic mass is 35.5. The fourth-order valence-electron chi connectivity index (χ4n) is 1.41. The number of carboxylic acids is 1. The van der Waals surface area contributed by atoms with Crippen LogP contribution in [0.4, 0.5) is 5.69 Å². The van der Waals surface area contributed by atoms with E-state index in [0.717, 1.165) is 11.3 Å². The van der Waals surface area contributed by atoms with Crippen LogP contribution in [0, 0.1) is 0 Å². The molecule has 0 radical (unpaired) electrons. The van der Waals surface area contributed by atoms with E-state index in [1.165, 1.54) is 0 Å². The molecule has 0 aliphatic rings. The van der Waals surface area contributed by atoms with Crippen LogP contribution in [-0.4, -0.2) is 37.8 Å². The van der Waals surface area contributed by atoms with Gasteiger partial charge in [-0.15, -0.1) is 24.8 Å². The lowest BCUT2D eigenvalue weighted by molar-refractivity contribution is -0.139. The van der Waals surface area contributed by atoms with Gasteiger partial charge in [-0.1, -0.05) is 12.1 Å². The number of ether oxygens (including phenoxy) is 1. The van der Waals surface area contributed by atoms with Gasteiger partial charge in [0.15, 0.2) is 0 Å². The van der Waals surface area contributed by atoms with E-state index in [2.05, 4.69) is 0 Å². The largest absolute Gasteiger partial charge is 0.480 e. The van der Waals surface area contributed by atoms with Gasteiger partial charge in [-0.2, -0.15) is 0 Å². The molecule has 0 aromatic heterocycles. The molecule has 5 nitrogen and oxygen atoms in total. The van der Waals surface area contributed by atoms with Crippen molar-refractivity contribution in [1.29, 1.82) is 0 Å². The topological polar surface area (TPSA) is 75.8 Å². The molecule has 0 bridgehead atoms. The van der Waals surface area contributed by atoms with E-state index in [1.807, 2.05) is 43.3 Å². The Hall–Kier alpha value is -1.01. The van der Waals surface area contributed by atoms with E-state index < -0.39 is 12.0 Å². The molecule has 7 heteroatoms. The summed E-state index contributed by atoms with van der Waals surface area (Å²) < 4.78 is 5.38. The number of halogens is 2. The molecule has 0 aliphatic carbocycles. The second kappa shape index (κ2) is 10.7. The number of benzene rings is 1. The minimum atomic E-state index is -0.992. The van der Waals surface area contributed by atoms with Crippen molar-refractivity contribution >= 4 is 36.5 Å². The molecule has 0 unspecified atom stereocenters. The van der Waals surface area contributed by atoms with E-state index in [4.69, 9.17) is 15.6 Å². The van der Waals surface area contributed by atoms with Crippen molar-refractivity contribution in [2.45, 2.75) is 19.1 Å². The SMILES string of the molecule is CN(C)c1ccc(COCC[C@H](N)C(=O)O)cc1.Cl.Cl. The molecule has 1 aromatic rings. The van der Waals surface area contributed by atoms with Crippen LogP contribution in [0.5, 0.6) is 0 Å². The van der Waals surface area contributed by atoms with Crippen LogP contribution in [-0.2, 0) is 16.1 Å². The smallest absolute Gasteiger partial charge is 0.320 e. The molecule has 3 N–H and O–H groups in total. The number of carbonyl (C=O) groups is 1. The highest BCUT2D eigenvalue weighted by Crippen LogP contribution is 2.12. The van der Waals surface area contributed by atoms with Gasteiger partial charge in [0, 0.05) is 26.4 Å². The molecule has 0 saturated carbocycles. The standard InChI is InChI=1S/C13H20N2O3.2ClH/c1-15(2)11-5-3-10(4-6-11)9-18-8-7-12(14)13(16)17;;/h3-6,12H,7-9,14H2,1-2H3,(H,16,17);2*1H/t12-;;/m0../s1. The molecule has 116 valence electrons. The van der Waals surface area contributed by atoms with E-state index in [0.29, 0.717) is 19.6 Å². The van der Waals surface area contributed by atoms with E-state index in [-0.39, 0.29) is 24.8 Å². The molecule has 0 amide bonds. The summed E-state index contributed by atoms with van der Waals surface area (Å²) in [6, 6.07) is 7.17.